The topological polar surface area (TPSA) is 86.4 Å². The van der Waals surface area contributed by atoms with Crippen molar-refractivity contribution in [2.45, 2.75) is 26.1 Å². The van der Waals surface area contributed by atoms with Crippen LogP contribution in [0.1, 0.15) is 0 Å². The summed E-state index contributed by atoms with van der Waals surface area (Å²) >= 11 is 8.16. The molecule has 0 saturated carbocycles. The van der Waals surface area contributed by atoms with Crippen LogP contribution in [0.4, 0.5) is 0 Å². The number of hydrogen-bond acceptors (Lipinski definition) is 8. The number of aromatic nitrogens is 6. The quantitative estimate of drug-likeness (QED) is 0.503. The molecule has 10 heteroatoms. The first-order valence-corrected chi connectivity index (χ1v) is 8.50. The van der Waals surface area contributed by atoms with Gasteiger partial charge in [0.15, 0.2) is 10.3 Å². The van der Waals surface area contributed by atoms with E-state index in [2.05, 4.69) is 25.0 Å². The van der Waals surface area contributed by atoms with Gasteiger partial charge in [-0.25, -0.2) is 24.6 Å². The summed E-state index contributed by atoms with van der Waals surface area (Å²) in [5.74, 6) is 0. The molecule has 0 bridgehead atoms. The van der Waals surface area contributed by atoms with Gasteiger partial charge >= 0.3 is 0 Å². The molecule has 3 aromatic heterocycles. The summed E-state index contributed by atoms with van der Waals surface area (Å²) in [4.78, 5) is 30.1. The largest absolute Gasteiger partial charge is 0.283 e. The zero-order chi connectivity index (χ0) is 16.1. The number of rotatable bonds is 5. The summed E-state index contributed by atoms with van der Waals surface area (Å²) in [6, 6.07) is 3.40. The highest BCUT2D eigenvalue weighted by atomic mass is 35.5. The second kappa shape index (κ2) is 7.53. The van der Waals surface area contributed by atoms with Crippen LogP contribution in [0.2, 0.25) is 0 Å². The lowest BCUT2D eigenvalue weighted by Crippen LogP contribution is -2.23. The molecule has 0 aromatic carbocycles. The van der Waals surface area contributed by atoms with Crippen LogP contribution in [0, 0.1) is 0 Å². The van der Waals surface area contributed by atoms with Crippen molar-refractivity contribution >= 4 is 35.1 Å². The molecular formula is C13H9ClN6OS2. The molecule has 0 atom stereocenters. The summed E-state index contributed by atoms with van der Waals surface area (Å²) < 4.78 is 1.17. The van der Waals surface area contributed by atoms with Gasteiger partial charge in [-0.15, -0.1) is 11.6 Å². The minimum absolute atomic E-state index is 0.0329. The molecule has 0 amide bonds. The monoisotopic (exact) mass is 364 g/mol. The Morgan fingerprint density at radius 2 is 1.52 bits per heavy atom. The molecule has 116 valence electrons. The Morgan fingerprint density at radius 3 is 2.09 bits per heavy atom. The fraction of sp³-hybridized carbons (Fsp3) is 0.0769. The van der Waals surface area contributed by atoms with E-state index in [9.17, 15) is 4.79 Å². The molecule has 0 spiro atoms. The first-order valence-electron chi connectivity index (χ1n) is 6.34. The van der Waals surface area contributed by atoms with Crippen molar-refractivity contribution in [1.29, 1.82) is 0 Å². The highest BCUT2D eigenvalue weighted by molar-refractivity contribution is 8.02. The average molecular weight is 365 g/mol. The highest BCUT2D eigenvalue weighted by Crippen LogP contribution is 2.33. The van der Waals surface area contributed by atoms with Crippen molar-refractivity contribution in [2.75, 3.05) is 0 Å². The third-order valence-electron chi connectivity index (χ3n) is 2.56. The Morgan fingerprint density at radius 1 is 0.957 bits per heavy atom. The molecule has 0 aliphatic heterocycles. The highest BCUT2D eigenvalue weighted by Gasteiger charge is 2.16. The van der Waals surface area contributed by atoms with Crippen LogP contribution < -0.4 is 5.56 Å². The minimum Gasteiger partial charge on any atom is -0.266 e. The van der Waals surface area contributed by atoms with Crippen molar-refractivity contribution in [3.63, 3.8) is 0 Å². The van der Waals surface area contributed by atoms with Crippen LogP contribution in [-0.2, 0) is 6.00 Å². The van der Waals surface area contributed by atoms with Crippen molar-refractivity contribution in [1.82, 2.24) is 29.7 Å². The molecule has 0 radical (unpaired) electrons. The Balaban J connectivity index is 2.01. The zero-order valence-electron chi connectivity index (χ0n) is 11.5. The molecule has 0 N–H and O–H groups in total. The molecule has 0 fully saturated rings. The summed E-state index contributed by atoms with van der Waals surface area (Å²) in [7, 11) is 0. The predicted molar refractivity (Wildman–Crippen MR) is 86.7 cm³/mol. The van der Waals surface area contributed by atoms with E-state index >= 15 is 0 Å². The van der Waals surface area contributed by atoms with Crippen LogP contribution in [0.25, 0.3) is 0 Å². The molecule has 0 aliphatic carbocycles. The Kier molecular flexibility index (Phi) is 5.21. The van der Waals surface area contributed by atoms with Crippen molar-refractivity contribution in [3.05, 3.63) is 53.5 Å². The van der Waals surface area contributed by atoms with E-state index < -0.39 is 0 Å². The van der Waals surface area contributed by atoms with E-state index in [1.54, 1.807) is 43.1 Å². The lowest BCUT2D eigenvalue weighted by Gasteiger charge is -2.08. The van der Waals surface area contributed by atoms with Gasteiger partial charge in [0.05, 0.1) is 16.0 Å². The first-order chi connectivity index (χ1) is 11.3. The minimum atomic E-state index is -0.307. The first kappa shape index (κ1) is 15.9. The number of halogens is 1. The van der Waals surface area contributed by atoms with E-state index in [0.717, 1.165) is 11.8 Å². The maximum Gasteiger partial charge on any atom is 0.283 e. The molecule has 0 unspecified atom stereocenters. The van der Waals surface area contributed by atoms with E-state index in [-0.39, 0.29) is 11.6 Å². The Bertz CT molecular complexity index is 846. The fourth-order valence-electron chi connectivity index (χ4n) is 1.57. The zero-order valence-corrected chi connectivity index (χ0v) is 13.9. The summed E-state index contributed by atoms with van der Waals surface area (Å²) in [5, 5.41) is 5.02. The van der Waals surface area contributed by atoms with Gasteiger partial charge in [-0.05, 0) is 35.7 Å². The third kappa shape index (κ3) is 3.87. The van der Waals surface area contributed by atoms with Gasteiger partial charge in [0.25, 0.3) is 5.56 Å². The standard InChI is InChI=1S/C13H9ClN6OS2/c14-8-20-11(21)10(23-13-17-5-2-6-18-13)9(7-19-20)22-12-15-3-1-4-16-12/h1-7H,8H2. The lowest BCUT2D eigenvalue weighted by molar-refractivity contribution is 0.653. The summed E-state index contributed by atoms with van der Waals surface area (Å²) in [6.45, 7) is 0. The molecule has 3 rings (SSSR count). The lowest BCUT2D eigenvalue weighted by atomic mass is 10.5. The molecule has 0 aliphatic rings. The number of nitrogens with zero attached hydrogens (tertiary/aromatic N) is 6. The second-order valence-corrected chi connectivity index (χ2v) is 6.25. The molecule has 3 aromatic rings. The molecule has 0 saturated heterocycles. The molecular weight excluding hydrogens is 356 g/mol. The van der Waals surface area contributed by atoms with Gasteiger partial charge in [-0.3, -0.25) is 4.79 Å². The van der Waals surface area contributed by atoms with Gasteiger partial charge in [0, 0.05) is 24.8 Å². The normalized spacial score (nSPS) is 10.7. The van der Waals surface area contributed by atoms with Gasteiger partial charge in [-0.1, -0.05) is 0 Å². The van der Waals surface area contributed by atoms with Crippen LogP contribution in [0.5, 0.6) is 0 Å². The van der Waals surface area contributed by atoms with E-state index in [1.165, 1.54) is 16.4 Å². The fourth-order valence-corrected chi connectivity index (χ4v) is 3.45. The third-order valence-corrected chi connectivity index (χ3v) is 4.83. The van der Waals surface area contributed by atoms with Gasteiger partial charge < -0.3 is 0 Å². The van der Waals surface area contributed by atoms with Gasteiger partial charge in [0.1, 0.15) is 6.00 Å². The maximum absolute atomic E-state index is 12.5. The van der Waals surface area contributed by atoms with Crippen LogP contribution in [0.15, 0.2) is 68.0 Å². The van der Waals surface area contributed by atoms with Crippen molar-refractivity contribution in [2.24, 2.45) is 0 Å². The van der Waals surface area contributed by atoms with Crippen LogP contribution in [0.3, 0.4) is 0 Å². The SMILES string of the molecule is O=c1c(Sc2ncccn2)c(Sc2ncccn2)cnn1CCl. The van der Waals surface area contributed by atoms with Crippen LogP contribution in [-0.4, -0.2) is 29.7 Å². The second-order valence-electron chi connectivity index (χ2n) is 4.03. The maximum atomic E-state index is 12.5. The summed E-state index contributed by atoms with van der Waals surface area (Å²) in [6.07, 6.45) is 8.06. The number of alkyl halides is 1. The van der Waals surface area contributed by atoms with E-state index in [0.29, 0.717) is 20.1 Å². The Labute approximate surface area is 144 Å². The number of hydrogen-bond donors (Lipinski definition) is 0. The predicted octanol–water partition coefficient (Wildman–Crippen LogP) is 2.32. The molecule has 23 heavy (non-hydrogen) atoms. The van der Waals surface area contributed by atoms with Crippen molar-refractivity contribution < 1.29 is 0 Å². The Hall–Kier alpha value is -1.97. The molecule has 3 heterocycles. The van der Waals surface area contributed by atoms with Crippen molar-refractivity contribution in [3.8, 4) is 0 Å². The summed E-state index contributed by atoms with van der Waals surface area (Å²) in [5.41, 5.74) is -0.307. The van der Waals surface area contributed by atoms with E-state index in [4.69, 9.17) is 11.6 Å². The van der Waals surface area contributed by atoms with E-state index in [1.807, 2.05) is 0 Å². The van der Waals surface area contributed by atoms with Gasteiger partial charge in [0.2, 0.25) is 0 Å². The molecule has 7 nitrogen and oxygen atoms in total. The smallest absolute Gasteiger partial charge is 0.266 e. The van der Waals surface area contributed by atoms with Crippen LogP contribution >= 0.6 is 35.1 Å². The average Bonchev–Trinajstić information content (AvgIpc) is 2.60. The van der Waals surface area contributed by atoms with Gasteiger partial charge in [-0.2, -0.15) is 5.10 Å².